The monoisotopic (exact) mass is 339 g/mol. The zero-order valence-corrected chi connectivity index (χ0v) is 14.3. The summed E-state index contributed by atoms with van der Waals surface area (Å²) in [6, 6.07) is 9.22. The summed E-state index contributed by atoms with van der Waals surface area (Å²) in [5.74, 6) is 0.301. The van der Waals surface area contributed by atoms with Gasteiger partial charge >= 0.3 is 0 Å². The first kappa shape index (κ1) is 15.0. The lowest BCUT2D eigenvalue weighted by Gasteiger charge is -2.08. The van der Waals surface area contributed by atoms with Gasteiger partial charge in [0.25, 0.3) is 5.91 Å². The number of nitrogens with zero attached hydrogens (tertiary/aromatic N) is 4. The molecule has 2 aromatic heterocycles. The zero-order chi connectivity index (χ0) is 16.7. The molecule has 1 saturated carbocycles. The van der Waals surface area contributed by atoms with Crippen molar-refractivity contribution in [2.75, 3.05) is 5.32 Å². The molecule has 24 heavy (non-hydrogen) atoms. The number of benzene rings is 1. The number of aryl methyl sites for hydroxylation is 2. The third-order valence-electron chi connectivity index (χ3n) is 4.03. The van der Waals surface area contributed by atoms with Crippen molar-refractivity contribution in [2.45, 2.75) is 32.6 Å². The van der Waals surface area contributed by atoms with Gasteiger partial charge in [-0.25, -0.2) is 4.68 Å². The molecular weight excluding hydrogens is 322 g/mol. The SMILES string of the molecule is Cc1nnc(-n2nc(C)c(NC(=O)c3ccccc3)c2C2CC2)s1. The van der Waals surface area contributed by atoms with E-state index in [4.69, 9.17) is 0 Å². The van der Waals surface area contributed by atoms with Crippen LogP contribution in [0.2, 0.25) is 0 Å². The standard InChI is InChI=1S/C17H17N5OS/c1-10-14(18-16(23)13-6-4-3-5-7-13)15(12-8-9-12)22(21-10)17-20-19-11(2)24-17/h3-7,12H,8-9H2,1-2H3,(H,18,23). The average Bonchev–Trinajstić information content (AvgIpc) is 3.25. The summed E-state index contributed by atoms with van der Waals surface area (Å²) in [6.45, 7) is 3.84. The third kappa shape index (κ3) is 2.71. The first-order valence-electron chi connectivity index (χ1n) is 7.90. The number of hydrogen-bond acceptors (Lipinski definition) is 5. The second-order valence-corrected chi connectivity index (χ2v) is 7.12. The van der Waals surface area contributed by atoms with Crippen molar-refractivity contribution < 1.29 is 4.79 Å². The van der Waals surface area contributed by atoms with Crippen molar-refractivity contribution in [1.82, 2.24) is 20.0 Å². The Morgan fingerprint density at radius 1 is 1.21 bits per heavy atom. The van der Waals surface area contributed by atoms with Crippen molar-refractivity contribution in [3.05, 3.63) is 52.3 Å². The topological polar surface area (TPSA) is 72.7 Å². The number of nitrogens with one attached hydrogen (secondary N) is 1. The van der Waals surface area contributed by atoms with Crippen molar-refractivity contribution >= 4 is 22.9 Å². The number of carbonyl (C=O) groups excluding carboxylic acids is 1. The maximum absolute atomic E-state index is 12.5. The molecule has 2 heterocycles. The Labute approximate surface area is 143 Å². The number of aromatic nitrogens is 4. The van der Waals surface area contributed by atoms with E-state index in [-0.39, 0.29) is 5.91 Å². The number of carbonyl (C=O) groups is 1. The molecule has 7 heteroatoms. The quantitative estimate of drug-likeness (QED) is 0.790. The Balaban J connectivity index is 1.73. The number of amides is 1. The highest BCUT2D eigenvalue weighted by Gasteiger charge is 2.33. The van der Waals surface area contributed by atoms with E-state index in [0.717, 1.165) is 40.1 Å². The first-order valence-corrected chi connectivity index (χ1v) is 8.71. The predicted molar refractivity (Wildman–Crippen MR) is 92.9 cm³/mol. The van der Waals surface area contributed by atoms with Crippen molar-refractivity contribution in [2.24, 2.45) is 0 Å². The van der Waals surface area contributed by atoms with Gasteiger partial charge in [-0.3, -0.25) is 4.79 Å². The second kappa shape index (κ2) is 5.83. The summed E-state index contributed by atoms with van der Waals surface area (Å²) in [4.78, 5) is 12.5. The summed E-state index contributed by atoms with van der Waals surface area (Å²) in [7, 11) is 0. The predicted octanol–water partition coefficient (Wildman–Crippen LogP) is 3.47. The maximum Gasteiger partial charge on any atom is 0.255 e. The van der Waals surface area contributed by atoms with Crippen LogP contribution >= 0.6 is 11.3 Å². The van der Waals surface area contributed by atoms with Crippen LogP contribution in [0.4, 0.5) is 5.69 Å². The molecule has 1 aliphatic carbocycles. The van der Waals surface area contributed by atoms with E-state index in [1.807, 2.05) is 36.7 Å². The largest absolute Gasteiger partial charge is 0.319 e. The van der Waals surface area contributed by atoms with Gasteiger partial charge in [0.1, 0.15) is 5.01 Å². The van der Waals surface area contributed by atoms with Gasteiger partial charge < -0.3 is 5.32 Å². The highest BCUT2D eigenvalue weighted by atomic mass is 32.1. The van der Waals surface area contributed by atoms with E-state index in [1.54, 1.807) is 12.1 Å². The maximum atomic E-state index is 12.5. The number of anilines is 1. The van der Waals surface area contributed by atoms with E-state index in [1.165, 1.54) is 11.3 Å². The van der Waals surface area contributed by atoms with Gasteiger partial charge in [-0.2, -0.15) is 5.10 Å². The second-order valence-electron chi connectivity index (χ2n) is 5.96. The Morgan fingerprint density at radius 3 is 2.58 bits per heavy atom. The van der Waals surface area contributed by atoms with Gasteiger partial charge in [0.05, 0.1) is 17.1 Å². The Hall–Kier alpha value is -2.54. The van der Waals surface area contributed by atoms with Gasteiger partial charge in [0, 0.05) is 11.5 Å². The molecule has 1 fully saturated rings. The first-order chi connectivity index (χ1) is 11.6. The normalized spacial score (nSPS) is 13.9. The third-order valence-corrected chi connectivity index (χ3v) is 4.85. The van der Waals surface area contributed by atoms with Gasteiger partial charge in [-0.05, 0) is 38.8 Å². The molecule has 1 amide bonds. The lowest BCUT2D eigenvalue weighted by atomic mass is 10.2. The molecule has 0 bridgehead atoms. The summed E-state index contributed by atoms with van der Waals surface area (Å²) in [5.41, 5.74) is 3.28. The van der Waals surface area contributed by atoms with Crippen molar-refractivity contribution in [1.29, 1.82) is 0 Å². The molecule has 0 aliphatic heterocycles. The molecule has 122 valence electrons. The fraction of sp³-hybridized carbons (Fsp3) is 0.294. The van der Waals surface area contributed by atoms with Crippen LogP contribution < -0.4 is 5.32 Å². The Bertz CT molecular complexity index is 895. The van der Waals surface area contributed by atoms with Crippen LogP contribution in [0.5, 0.6) is 0 Å². The molecule has 4 rings (SSSR count). The minimum absolute atomic E-state index is 0.117. The molecule has 0 saturated heterocycles. The highest BCUT2D eigenvalue weighted by Crippen LogP contribution is 2.45. The highest BCUT2D eigenvalue weighted by molar-refractivity contribution is 7.13. The summed E-state index contributed by atoms with van der Waals surface area (Å²) < 4.78 is 1.85. The fourth-order valence-electron chi connectivity index (χ4n) is 2.73. The van der Waals surface area contributed by atoms with E-state index in [0.29, 0.717) is 11.5 Å². The number of rotatable bonds is 4. The molecule has 3 aromatic rings. The van der Waals surface area contributed by atoms with Crippen molar-refractivity contribution in [3.8, 4) is 5.13 Å². The molecular formula is C17H17N5OS. The average molecular weight is 339 g/mol. The molecule has 0 unspecified atom stereocenters. The molecule has 1 aromatic carbocycles. The molecule has 0 radical (unpaired) electrons. The summed E-state index contributed by atoms with van der Waals surface area (Å²) in [6.07, 6.45) is 2.22. The smallest absolute Gasteiger partial charge is 0.255 e. The van der Waals surface area contributed by atoms with Crippen LogP contribution in [0.1, 0.15) is 45.5 Å². The molecule has 1 N–H and O–H groups in total. The Kier molecular flexibility index (Phi) is 3.65. The molecule has 0 atom stereocenters. The lowest BCUT2D eigenvalue weighted by molar-refractivity contribution is 0.102. The van der Waals surface area contributed by atoms with E-state index in [2.05, 4.69) is 20.6 Å². The molecule has 0 spiro atoms. The van der Waals surface area contributed by atoms with E-state index < -0.39 is 0 Å². The van der Waals surface area contributed by atoms with Crippen LogP contribution in [0, 0.1) is 13.8 Å². The van der Waals surface area contributed by atoms with Crippen LogP contribution in [0.25, 0.3) is 5.13 Å². The lowest BCUT2D eigenvalue weighted by Crippen LogP contribution is -2.13. The van der Waals surface area contributed by atoms with Crippen LogP contribution in [0.3, 0.4) is 0 Å². The van der Waals surface area contributed by atoms with Gasteiger partial charge in [-0.1, -0.05) is 29.5 Å². The molecule has 6 nitrogen and oxygen atoms in total. The summed E-state index contributed by atoms with van der Waals surface area (Å²) in [5, 5.41) is 17.6. The van der Waals surface area contributed by atoms with Gasteiger partial charge in [0.2, 0.25) is 5.13 Å². The van der Waals surface area contributed by atoms with Crippen LogP contribution in [0.15, 0.2) is 30.3 Å². The van der Waals surface area contributed by atoms with Crippen LogP contribution in [-0.2, 0) is 0 Å². The van der Waals surface area contributed by atoms with E-state index >= 15 is 0 Å². The van der Waals surface area contributed by atoms with Gasteiger partial charge in [0.15, 0.2) is 0 Å². The Morgan fingerprint density at radius 2 is 1.96 bits per heavy atom. The van der Waals surface area contributed by atoms with Crippen LogP contribution in [-0.4, -0.2) is 25.9 Å². The number of hydrogen-bond donors (Lipinski definition) is 1. The minimum Gasteiger partial charge on any atom is -0.319 e. The van der Waals surface area contributed by atoms with Crippen molar-refractivity contribution in [3.63, 3.8) is 0 Å². The van der Waals surface area contributed by atoms with Gasteiger partial charge in [-0.15, -0.1) is 10.2 Å². The molecule has 1 aliphatic rings. The minimum atomic E-state index is -0.117. The van der Waals surface area contributed by atoms with E-state index in [9.17, 15) is 4.79 Å². The zero-order valence-electron chi connectivity index (χ0n) is 13.5. The fourth-order valence-corrected chi connectivity index (χ4v) is 3.38. The summed E-state index contributed by atoms with van der Waals surface area (Å²) >= 11 is 1.50.